The van der Waals surface area contributed by atoms with Crippen molar-refractivity contribution in [2.24, 2.45) is 0 Å². The van der Waals surface area contributed by atoms with Crippen LogP contribution in [0.25, 0.3) is 11.6 Å². The van der Waals surface area contributed by atoms with Crippen LogP contribution >= 0.6 is 0 Å². The molecule has 0 saturated heterocycles. The number of benzene rings is 2. The van der Waals surface area contributed by atoms with Gasteiger partial charge in [0.2, 0.25) is 0 Å². The third-order valence-corrected chi connectivity index (χ3v) is 3.79. The first-order valence-electron chi connectivity index (χ1n) is 6.89. The van der Waals surface area contributed by atoms with Crippen LogP contribution in [0.3, 0.4) is 0 Å². The zero-order chi connectivity index (χ0) is 14.1. The Balaban J connectivity index is 2.04. The molecule has 0 bridgehead atoms. The van der Waals surface area contributed by atoms with Crippen molar-refractivity contribution >= 4 is 23.2 Å². The van der Waals surface area contributed by atoms with Crippen molar-refractivity contribution in [2.75, 3.05) is 11.9 Å². The normalized spacial score (nSPS) is 15.8. The molecule has 2 aromatic rings. The molecule has 20 heavy (non-hydrogen) atoms. The average molecular weight is 263 g/mol. The first kappa shape index (κ1) is 12.7. The first-order valence-corrected chi connectivity index (χ1v) is 6.89. The molecule has 2 nitrogen and oxygen atoms in total. The van der Waals surface area contributed by atoms with Crippen molar-refractivity contribution in [1.29, 1.82) is 0 Å². The van der Waals surface area contributed by atoms with Gasteiger partial charge in [0.25, 0.3) is 5.91 Å². The topological polar surface area (TPSA) is 20.3 Å². The largest absolute Gasteiger partial charge is 0.311 e. The van der Waals surface area contributed by atoms with E-state index in [2.05, 4.69) is 31.2 Å². The molecule has 1 amide bonds. The molecule has 100 valence electrons. The molecule has 0 aromatic heterocycles. The Morgan fingerprint density at radius 3 is 2.45 bits per heavy atom. The molecule has 1 aliphatic heterocycles. The van der Waals surface area contributed by atoms with Gasteiger partial charge in [-0.3, -0.25) is 4.79 Å². The Bertz CT molecular complexity index is 683. The van der Waals surface area contributed by atoms with E-state index in [4.69, 9.17) is 0 Å². The van der Waals surface area contributed by atoms with Crippen LogP contribution in [-0.2, 0) is 11.2 Å². The summed E-state index contributed by atoms with van der Waals surface area (Å²) in [6.07, 6.45) is 3.01. The molecule has 0 N–H and O–H groups in total. The van der Waals surface area contributed by atoms with E-state index in [1.165, 1.54) is 5.56 Å². The molecule has 0 aliphatic carbocycles. The van der Waals surface area contributed by atoms with Gasteiger partial charge in [-0.1, -0.05) is 49.4 Å². The Morgan fingerprint density at radius 1 is 1.05 bits per heavy atom. The fourth-order valence-corrected chi connectivity index (χ4v) is 2.55. The maximum absolute atomic E-state index is 12.3. The zero-order valence-electron chi connectivity index (χ0n) is 11.8. The molecule has 0 fully saturated rings. The van der Waals surface area contributed by atoms with Crippen LogP contribution in [0.1, 0.15) is 23.6 Å². The highest BCUT2D eigenvalue weighted by molar-refractivity contribution is 6.35. The Kier molecular flexibility index (Phi) is 3.15. The standard InChI is InChI=1S/C18H17NO/c1-3-13-8-10-14(11-9-13)12-16-15-6-4-5-7-17(15)19(2)18(16)20/h4-12H,3H2,1-2H3/b16-12+. The van der Waals surface area contributed by atoms with Crippen LogP contribution in [0.4, 0.5) is 5.69 Å². The molecule has 0 spiro atoms. The summed E-state index contributed by atoms with van der Waals surface area (Å²) in [5.74, 6) is 0.0609. The fourth-order valence-electron chi connectivity index (χ4n) is 2.55. The lowest BCUT2D eigenvalue weighted by Gasteiger charge is -2.07. The number of hydrogen-bond acceptors (Lipinski definition) is 1. The number of rotatable bonds is 2. The monoisotopic (exact) mass is 263 g/mol. The summed E-state index contributed by atoms with van der Waals surface area (Å²) in [5, 5.41) is 0. The van der Waals surface area contributed by atoms with Crippen LogP contribution in [-0.4, -0.2) is 13.0 Å². The number of carbonyl (C=O) groups excluding carboxylic acids is 1. The summed E-state index contributed by atoms with van der Waals surface area (Å²) in [7, 11) is 1.82. The van der Waals surface area contributed by atoms with E-state index in [1.54, 1.807) is 4.90 Å². The second-order valence-electron chi connectivity index (χ2n) is 5.03. The minimum absolute atomic E-state index is 0.0609. The van der Waals surface area contributed by atoms with Crippen molar-refractivity contribution in [3.05, 3.63) is 65.2 Å². The number of hydrogen-bond donors (Lipinski definition) is 0. The minimum atomic E-state index is 0.0609. The Morgan fingerprint density at radius 2 is 1.75 bits per heavy atom. The Labute approximate surface area is 119 Å². The predicted molar refractivity (Wildman–Crippen MR) is 83.5 cm³/mol. The molecular weight excluding hydrogens is 246 g/mol. The highest BCUT2D eigenvalue weighted by atomic mass is 16.2. The van der Waals surface area contributed by atoms with Crippen molar-refractivity contribution in [3.63, 3.8) is 0 Å². The van der Waals surface area contributed by atoms with E-state index < -0.39 is 0 Å². The third kappa shape index (κ3) is 2.03. The van der Waals surface area contributed by atoms with E-state index in [-0.39, 0.29) is 5.91 Å². The zero-order valence-corrected chi connectivity index (χ0v) is 11.8. The summed E-state index contributed by atoms with van der Waals surface area (Å²) in [6, 6.07) is 16.3. The molecular formula is C18H17NO. The van der Waals surface area contributed by atoms with E-state index >= 15 is 0 Å². The summed E-state index contributed by atoms with van der Waals surface area (Å²) in [5.41, 5.74) is 5.14. The number of fused-ring (bicyclic) bond motifs is 1. The molecule has 2 heteroatoms. The summed E-state index contributed by atoms with van der Waals surface area (Å²) in [4.78, 5) is 14.1. The van der Waals surface area contributed by atoms with Gasteiger partial charge < -0.3 is 4.90 Å². The van der Waals surface area contributed by atoms with Gasteiger partial charge in [0.05, 0.1) is 5.69 Å². The second kappa shape index (κ2) is 4.97. The lowest BCUT2D eigenvalue weighted by molar-refractivity contribution is -0.112. The highest BCUT2D eigenvalue weighted by Crippen LogP contribution is 2.36. The summed E-state index contributed by atoms with van der Waals surface area (Å²) in [6.45, 7) is 2.14. The molecule has 3 rings (SSSR count). The van der Waals surface area contributed by atoms with E-state index in [1.807, 2.05) is 37.4 Å². The third-order valence-electron chi connectivity index (χ3n) is 3.79. The number of amides is 1. The van der Waals surface area contributed by atoms with Gasteiger partial charge >= 0.3 is 0 Å². The van der Waals surface area contributed by atoms with Crippen LogP contribution in [0.15, 0.2) is 48.5 Å². The van der Waals surface area contributed by atoms with Gasteiger partial charge in [0, 0.05) is 18.2 Å². The van der Waals surface area contributed by atoms with Gasteiger partial charge in [-0.25, -0.2) is 0 Å². The SMILES string of the molecule is CCc1ccc(/C=C2/C(=O)N(C)c3ccccc32)cc1. The molecule has 0 saturated carbocycles. The predicted octanol–water partition coefficient (Wildman–Crippen LogP) is 3.77. The molecule has 0 unspecified atom stereocenters. The summed E-state index contributed by atoms with van der Waals surface area (Å²) < 4.78 is 0. The fraction of sp³-hybridized carbons (Fsp3) is 0.167. The number of para-hydroxylation sites is 1. The smallest absolute Gasteiger partial charge is 0.258 e. The van der Waals surface area contributed by atoms with Gasteiger partial charge in [-0.05, 0) is 29.7 Å². The number of likely N-dealkylation sites (N-methyl/N-ethyl adjacent to an activating group) is 1. The van der Waals surface area contributed by atoms with Crippen LogP contribution in [0.2, 0.25) is 0 Å². The molecule has 0 radical (unpaired) electrons. The van der Waals surface area contributed by atoms with E-state index in [9.17, 15) is 4.79 Å². The second-order valence-corrected chi connectivity index (χ2v) is 5.03. The lowest BCUT2D eigenvalue weighted by atomic mass is 10.0. The lowest BCUT2D eigenvalue weighted by Crippen LogP contribution is -2.20. The number of anilines is 1. The number of nitrogens with zero attached hydrogens (tertiary/aromatic N) is 1. The maximum atomic E-state index is 12.3. The van der Waals surface area contributed by atoms with Crippen LogP contribution in [0, 0.1) is 0 Å². The molecule has 1 heterocycles. The van der Waals surface area contributed by atoms with Crippen LogP contribution < -0.4 is 4.90 Å². The van der Waals surface area contributed by atoms with Crippen molar-refractivity contribution in [1.82, 2.24) is 0 Å². The molecule has 2 aromatic carbocycles. The molecule has 1 aliphatic rings. The minimum Gasteiger partial charge on any atom is -0.311 e. The van der Waals surface area contributed by atoms with Crippen molar-refractivity contribution in [2.45, 2.75) is 13.3 Å². The van der Waals surface area contributed by atoms with Gasteiger partial charge in [-0.15, -0.1) is 0 Å². The van der Waals surface area contributed by atoms with Gasteiger partial charge in [0.15, 0.2) is 0 Å². The van der Waals surface area contributed by atoms with Gasteiger partial charge in [-0.2, -0.15) is 0 Å². The first-order chi connectivity index (χ1) is 9.70. The number of carbonyl (C=O) groups is 1. The van der Waals surface area contributed by atoms with Crippen LogP contribution in [0.5, 0.6) is 0 Å². The highest BCUT2D eigenvalue weighted by Gasteiger charge is 2.28. The Hall–Kier alpha value is -2.35. The van der Waals surface area contributed by atoms with Crippen molar-refractivity contribution < 1.29 is 4.79 Å². The van der Waals surface area contributed by atoms with E-state index in [0.29, 0.717) is 0 Å². The summed E-state index contributed by atoms with van der Waals surface area (Å²) >= 11 is 0. The maximum Gasteiger partial charge on any atom is 0.258 e. The molecule has 0 atom stereocenters. The quantitative estimate of drug-likeness (QED) is 0.755. The average Bonchev–Trinajstić information content (AvgIpc) is 2.74. The van der Waals surface area contributed by atoms with Gasteiger partial charge in [0.1, 0.15) is 0 Å². The number of aryl methyl sites for hydroxylation is 1. The van der Waals surface area contributed by atoms with Crippen molar-refractivity contribution in [3.8, 4) is 0 Å². The van der Waals surface area contributed by atoms with E-state index in [0.717, 1.165) is 28.8 Å².